The zero-order valence-electron chi connectivity index (χ0n) is 18.5. The molecule has 35 heavy (non-hydrogen) atoms. The molecule has 4 rings (SSSR count). The molecule has 0 fully saturated rings. The van der Waals surface area contributed by atoms with E-state index in [2.05, 4.69) is 15.4 Å². The lowest BCUT2D eigenvalue weighted by molar-refractivity contribution is -0.116. The standard InChI is InChI=1S/C24H20F3N5O2S/c1-2-12-31(14-19(33)28-17-11-10-16(25)20(26)21(17)27)24(34)22-29-23(18-9-6-13-35-18)32(30-22)15-7-4-3-5-8-15/h3-11,13H,2,12,14H2,1H3,(H,28,33). The van der Waals surface area contributed by atoms with Crippen molar-refractivity contribution in [2.24, 2.45) is 0 Å². The Morgan fingerprint density at radius 1 is 1.03 bits per heavy atom. The number of hydrogen-bond acceptors (Lipinski definition) is 5. The van der Waals surface area contributed by atoms with Crippen molar-refractivity contribution in [1.82, 2.24) is 19.7 Å². The summed E-state index contributed by atoms with van der Waals surface area (Å²) in [4.78, 5) is 32.3. The number of nitrogens with one attached hydrogen (secondary N) is 1. The van der Waals surface area contributed by atoms with Crippen LogP contribution in [0, 0.1) is 17.5 Å². The molecule has 0 aliphatic carbocycles. The molecule has 4 aromatic rings. The summed E-state index contributed by atoms with van der Waals surface area (Å²) in [5.41, 5.74) is 0.181. The second kappa shape index (κ2) is 10.5. The maximum atomic E-state index is 13.9. The number of halogens is 3. The third-order valence-corrected chi connectivity index (χ3v) is 5.83. The number of benzene rings is 2. The Bertz CT molecular complexity index is 1340. The van der Waals surface area contributed by atoms with Crippen LogP contribution in [-0.2, 0) is 4.79 Å². The largest absolute Gasteiger partial charge is 0.327 e. The van der Waals surface area contributed by atoms with Crippen LogP contribution in [0.4, 0.5) is 18.9 Å². The van der Waals surface area contributed by atoms with Gasteiger partial charge in [-0.15, -0.1) is 16.4 Å². The highest BCUT2D eigenvalue weighted by Gasteiger charge is 2.26. The van der Waals surface area contributed by atoms with Crippen molar-refractivity contribution in [2.75, 3.05) is 18.4 Å². The van der Waals surface area contributed by atoms with Crippen LogP contribution < -0.4 is 5.32 Å². The normalized spacial score (nSPS) is 10.9. The predicted octanol–water partition coefficient (Wildman–Crippen LogP) is 4.90. The number of rotatable bonds is 8. The summed E-state index contributed by atoms with van der Waals surface area (Å²) in [5.74, 6) is -5.60. The van der Waals surface area contributed by atoms with Crippen LogP contribution in [0.25, 0.3) is 16.4 Å². The Labute approximate surface area is 202 Å². The molecule has 0 saturated heterocycles. The molecule has 0 saturated carbocycles. The lowest BCUT2D eigenvalue weighted by Gasteiger charge is -2.20. The van der Waals surface area contributed by atoms with Crippen LogP contribution in [0.5, 0.6) is 0 Å². The van der Waals surface area contributed by atoms with Crippen LogP contribution in [-0.4, -0.2) is 44.6 Å². The second-order valence-corrected chi connectivity index (χ2v) is 8.43. The Hall–Kier alpha value is -3.99. The van der Waals surface area contributed by atoms with E-state index in [1.54, 1.807) is 4.68 Å². The van der Waals surface area contributed by atoms with Crippen molar-refractivity contribution in [1.29, 1.82) is 0 Å². The Kier molecular flexibility index (Phi) is 7.25. The number of aromatic nitrogens is 3. The van der Waals surface area contributed by atoms with E-state index in [0.717, 1.165) is 10.9 Å². The summed E-state index contributed by atoms with van der Waals surface area (Å²) in [6.45, 7) is 1.56. The number of carbonyl (C=O) groups excluding carboxylic acids is 2. The summed E-state index contributed by atoms with van der Waals surface area (Å²) < 4.78 is 42.2. The fraction of sp³-hybridized carbons (Fsp3) is 0.167. The molecule has 2 heterocycles. The molecule has 1 N–H and O–H groups in total. The van der Waals surface area contributed by atoms with Gasteiger partial charge in [0.1, 0.15) is 6.54 Å². The van der Waals surface area contributed by atoms with Crippen molar-refractivity contribution in [3.8, 4) is 16.4 Å². The number of carbonyl (C=O) groups is 2. The predicted molar refractivity (Wildman–Crippen MR) is 126 cm³/mol. The number of nitrogens with zero attached hydrogens (tertiary/aromatic N) is 4. The first-order valence-corrected chi connectivity index (χ1v) is 11.6. The lowest BCUT2D eigenvalue weighted by Crippen LogP contribution is -2.39. The fourth-order valence-corrected chi connectivity index (χ4v) is 4.06. The summed E-state index contributed by atoms with van der Waals surface area (Å²) >= 11 is 1.44. The molecule has 11 heteroatoms. The Morgan fingerprint density at radius 2 is 1.80 bits per heavy atom. The van der Waals surface area contributed by atoms with Gasteiger partial charge in [-0.1, -0.05) is 31.2 Å². The monoisotopic (exact) mass is 499 g/mol. The maximum absolute atomic E-state index is 13.9. The average Bonchev–Trinajstić information content (AvgIpc) is 3.54. The summed E-state index contributed by atoms with van der Waals surface area (Å²) in [7, 11) is 0. The van der Waals surface area contributed by atoms with Crippen molar-refractivity contribution in [2.45, 2.75) is 13.3 Å². The Morgan fingerprint density at radius 3 is 2.49 bits per heavy atom. The zero-order valence-corrected chi connectivity index (χ0v) is 19.4. The zero-order chi connectivity index (χ0) is 24.9. The van der Waals surface area contributed by atoms with Gasteiger partial charge >= 0.3 is 0 Å². The molecule has 180 valence electrons. The van der Waals surface area contributed by atoms with Gasteiger partial charge in [0.25, 0.3) is 5.91 Å². The van der Waals surface area contributed by atoms with Crippen LogP contribution in [0.3, 0.4) is 0 Å². The molecule has 0 aliphatic rings. The lowest BCUT2D eigenvalue weighted by atomic mass is 10.2. The molecule has 0 spiro atoms. The average molecular weight is 500 g/mol. The van der Waals surface area contributed by atoms with Crippen LogP contribution in [0.1, 0.15) is 24.0 Å². The number of para-hydroxylation sites is 1. The highest BCUT2D eigenvalue weighted by Crippen LogP contribution is 2.26. The molecule has 2 aromatic heterocycles. The smallest absolute Gasteiger partial charge is 0.294 e. The highest BCUT2D eigenvalue weighted by atomic mass is 32.1. The van der Waals surface area contributed by atoms with E-state index < -0.39 is 41.5 Å². The molecule has 2 aromatic carbocycles. The van der Waals surface area contributed by atoms with Crippen molar-refractivity contribution < 1.29 is 22.8 Å². The number of thiophene rings is 1. The summed E-state index contributed by atoms with van der Waals surface area (Å²) in [6.07, 6.45) is 0.524. The quantitative estimate of drug-likeness (QED) is 0.350. The van der Waals surface area contributed by atoms with Gasteiger partial charge in [0.05, 0.1) is 16.3 Å². The van der Waals surface area contributed by atoms with E-state index in [-0.39, 0.29) is 12.4 Å². The molecule has 0 radical (unpaired) electrons. The second-order valence-electron chi connectivity index (χ2n) is 7.48. The molecule has 0 atom stereocenters. The van der Waals surface area contributed by atoms with Gasteiger partial charge in [-0.3, -0.25) is 9.59 Å². The number of hydrogen-bond donors (Lipinski definition) is 1. The number of anilines is 1. The van der Waals surface area contributed by atoms with Gasteiger partial charge in [-0.05, 0) is 42.1 Å². The fourth-order valence-electron chi connectivity index (χ4n) is 3.37. The molecular formula is C24H20F3N5O2S. The van der Waals surface area contributed by atoms with Crippen molar-refractivity contribution >= 4 is 28.8 Å². The third kappa shape index (κ3) is 5.24. The summed E-state index contributed by atoms with van der Waals surface area (Å²) in [5, 5.41) is 8.46. The third-order valence-electron chi connectivity index (χ3n) is 4.97. The van der Waals surface area contributed by atoms with E-state index in [1.807, 2.05) is 54.8 Å². The number of amides is 2. The van der Waals surface area contributed by atoms with Gasteiger partial charge in [0.15, 0.2) is 23.3 Å². The SMILES string of the molecule is CCCN(CC(=O)Nc1ccc(F)c(F)c1F)C(=O)c1nc(-c2cccs2)n(-c2ccccc2)n1. The van der Waals surface area contributed by atoms with Crippen LogP contribution >= 0.6 is 11.3 Å². The topological polar surface area (TPSA) is 80.1 Å². The minimum absolute atomic E-state index is 0.113. The summed E-state index contributed by atoms with van der Waals surface area (Å²) in [6, 6.07) is 14.5. The van der Waals surface area contributed by atoms with E-state index in [4.69, 9.17) is 0 Å². The first-order valence-electron chi connectivity index (χ1n) is 10.7. The molecule has 2 amide bonds. The van der Waals surface area contributed by atoms with Crippen LogP contribution in [0.15, 0.2) is 60.0 Å². The molecule has 0 bridgehead atoms. The molecular weight excluding hydrogens is 479 g/mol. The van der Waals surface area contributed by atoms with Crippen molar-refractivity contribution in [3.63, 3.8) is 0 Å². The molecule has 0 aliphatic heterocycles. The van der Waals surface area contributed by atoms with E-state index in [1.165, 1.54) is 16.2 Å². The van der Waals surface area contributed by atoms with E-state index >= 15 is 0 Å². The highest BCUT2D eigenvalue weighted by molar-refractivity contribution is 7.13. The van der Waals surface area contributed by atoms with Crippen molar-refractivity contribution in [3.05, 3.63) is 83.3 Å². The van der Waals surface area contributed by atoms with Gasteiger partial charge in [-0.2, -0.15) is 0 Å². The first-order chi connectivity index (χ1) is 16.9. The van der Waals surface area contributed by atoms with Gasteiger partial charge in [0.2, 0.25) is 11.7 Å². The van der Waals surface area contributed by atoms with Crippen LogP contribution in [0.2, 0.25) is 0 Å². The van der Waals surface area contributed by atoms with Gasteiger partial charge in [-0.25, -0.2) is 22.8 Å². The van der Waals surface area contributed by atoms with Gasteiger partial charge in [0, 0.05) is 6.54 Å². The minimum atomic E-state index is -1.69. The van der Waals surface area contributed by atoms with Gasteiger partial charge < -0.3 is 10.2 Å². The first kappa shape index (κ1) is 24.1. The maximum Gasteiger partial charge on any atom is 0.294 e. The Balaban J connectivity index is 1.60. The van der Waals surface area contributed by atoms with E-state index in [9.17, 15) is 22.8 Å². The minimum Gasteiger partial charge on any atom is -0.327 e. The molecule has 7 nitrogen and oxygen atoms in total. The molecule has 0 unspecified atom stereocenters. The van der Waals surface area contributed by atoms with E-state index in [0.29, 0.717) is 24.0 Å².